The van der Waals surface area contributed by atoms with Gasteiger partial charge in [-0.3, -0.25) is 0 Å². The summed E-state index contributed by atoms with van der Waals surface area (Å²) in [6, 6.07) is 31.8. The minimum absolute atomic E-state index is 0. The average Bonchev–Trinajstić information content (AvgIpc) is 0.766. The van der Waals surface area contributed by atoms with Gasteiger partial charge in [-0.15, -0.1) is 0 Å². The quantitative estimate of drug-likeness (QED) is 0.0455. The Morgan fingerprint density at radius 2 is 0.767 bits per heavy atom. The van der Waals surface area contributed by atoms with Gasteiger partial charge in [0.2, 0.25) is 0 Å². The number of rotatable bonds is 26. The molecule has 0 amide bonds. The molecule has 0 spiro atoms. The molecule has 12 rings (SSSR count). The van der Waals surface area contributed by atoms with Crippen molar-refractivity contribution in [2.24, 2.45) is 46.8 Å². The van der Waals surface area contributed by atoms with Crippen molar-refractivity contribution >= 4 is 0 Å². The van der Waals surface area contributed by atoms with Crippen LogP contribution in [0.1, 0.15) is 304 Å². The second-order valence-corrected chi connectivity index (χ2v) is 27.1. The van der Waals surface area contributed by atoms with E-state index in [1.165, 1.54) is 118 Å². The van der Waals surface area contributed by atoms with Crippen LogP contribution in [-0.2, 0) is 18.9 Å². The topological polar surface area (TPSA) is 73.8 Å². The summed E-state index contributed by atoms with van der Waals surface area (Å²) < 4.78 is 46.4. The van der Waals surface area contributed by atoms with Crippen molar-refractivity contribution in [2.75, 3.05) is 33.4 Å². The van der Waals surface area contributed by atoms with Gasteiger partial charge in [0.05, 0.1) is 18.8 Å². The van der Waals surface area contributed by atoms with Crippen LogP contribution in [0.2, 0.25) is 0 Å². The summed E-state index contributed by atoms with van der Waals surface area (Å²) in [7, 11) is 0. The van der Waals surface area contributed by atoms with Gasteiger partial charge in [-0.25, -0.2) is 0 Å². The van der Waals surface area contributed by atoms with E-state index in [4.69, 9.17) is 37.9 Å². The maximum Gasteiger partial charge on any atom is 0.196 e. The Hall–Kier alpha value is -4.08. The Kier molecular flexibility index (Phi) is 42.0. The first-order valence-corrected chi connectivity index (χ1v) is 32.9. The molecular formula is C82H144O8. The summed E-state index contributed by atoms with van der Waals surface area (Å²) in [4.78, 5) is 0. The molecule has 8 nitrogen and oxygen atoms in total. The van der Waals surface area contributed by atoms with Gasteiger partial charge >= 0.3 is 0 Å². The van der Waals surface area contributed by atoms with Crippen LogP contribution in [0.25, 0.3) is 0 Å². The first kappa shape index (κ1) is 88.0. The lowest BCUT2D eigenvalue weighted by Gasteiger charge is -2.56. The standard InChI is InChI=1S/C22H32O2.C21H30O2.C16H26O2.C15H24O2.8CH4/c1-3-16(2)20-4-6-21(7-5-20)24-15-23-14-22-11-17-8-18(12-22)10-19(9-17)13-22;1-3-15(2)19-4-6-20(7-5-19)22-14-23-21-11-16-8-17(12-21)10-18(9-16)13-21;1-6-13(4)15-7-9-16(10-8-15)18-14(5)17-11-12(2)3;1-6-11(3)14-8-9-15(12(4)10-14)17-13(5)16-7-2;;;;;;;;/h4-7,16-19H,3,8-15H2,1-2H3;4-7,15-18H,3,8-14H2,1-2H3;7-10,12-14H,6,11H2,1-5H3;8-11,13H,6-7H2,1-5H3;8*1H4. The van der Waals surface area contributed by atoms with Crippen molar-refractivity contribution in [2.45, 2.75) is 301 Å². The van der Waals surface area contributed by atoms with Gasteiger partial charge in [0.25, 0.3) is 0 Å². The molecule has 8 heteroatoms. The predicted octanol–water partition coefficient (Wildman–Crippen LogP) is 25.2. The molecule has 0 heterocycles. The van der Waals surface area contributed by atoms with Crippen LogP contribution in [0.4, 0.5) is 0 Å². The molecule has 0 radical (unpaired) electrons. The normalized spacial score (nSPS) is 24.3. The van der Waals surface area contributed by atoms with Crippen LogP contribution in [0.5, 0.6) is 23.0 Å². The van der Waals surface area contributed by atoms with Crippen LogP contribution in [0.15, 0.2) is 91.0 Å². The second kappa shape index (κ2) is 43.0. The number of benzene rings is 4. The fourth-order valence-electron chi connectivity index (χ4n) is 15.0. The Morgan fingerprint density at radius 1 is 0.411 bits per heavy atom. The Labute approximate surface area is 558 Å². The maximum absolute atomic E-state index is 6.32. The van der Waals surface area contributed by atoms with E-state index in [0.29, 0.717) is 55.2 Å². The van der Waals surface area contributed by atoms with E-state index >= 15 is 0 Å². The molecule has 0 N–H and O–H groups in total. The zero-order valence-electron chi connectivity index (χ0n) is 53.8. The molecule has 0 aliphatic heterocycles. The molecule has 520 valence electrons. The minimum atomic E-state index is -0.193. The highest BCUT2D eigenvalue weighted by molar-refractivity contribution is 5.38. The van der Waals surface area contributed by atoms with Gasteiger partial charge in [0.15, 0.2) is 26.2 Å². The summed E-state index contributed by atoms with van der Waals surface area (Å²) in [5.41, 5.74) is 7.32. The van der Waals surface area contributed by atoms with Gasteiger partial charge in [0.1, 0.15) is 23.0 Å². The lowest BCUT2D eigenvalue weighted by Crippen LogP contribution is -2.52. The zero-order chi connectivity index (χ0) is 58.8. The van der Waals surface area contributed by atoms with E-state index in [1.54, 1.807) is 0 Å². The van der Waals surface area contributed by atoms with Gasteiger partial charge in [-0.05, 0) is 271 Å². The molecular weight excluding hydrogens is 1110 g/mol. The number of hydrogen-bond acceptors (Lipinski definition) is 8. The van der Waals surface area contributed by atoms with Crippen molar-refractivity contribution in [1.29, 1.82) is 0 Å². The third kappa shape index (κ3) is 26.4. The molecule has 8 aliphatic rings. The van der Waals surface area contributed by atoms with Gasteiger partial charge < -0.3 is 37.9 Å². The maximum atomic E-state index is 6.32. The number of ether oxygens (including phenoxy) is 8. The van der Waals surface area contributed by atoms with Crippen LogP contribution in [-0.4, -0.2) is 51.6 Å². The van der Waals surface area contributed by atoms with Crippen LogP contribution in [0, 0.1) is 53.8 Å². The van der Waals surface area contributed by atoms with Gasteiger partial charge in [-0.1, -0.05) is 177 Å². The lowest BCUT2D eigenvalue weighted by atomic mass is 9.50. The largest absolute Gasteiger partial charge is 0.468 e. The summed E-state index contributed by atoms with van der Waals surface area (Å²) in [5, 5.41) is 0. The van der Waals surface area contributed by atoms with Crippen LogP contribution in [0.3, 0.4) is 0 Å². The molecule has 6 atom stereocenters. The van der Waals surface area contributed by atoms with E-state index in [-0.39, 0.29) is 77.6 Å². The predicted molar refractivity (Wildman–Crippen MR) is 391 cm³/mol. The van der Waals surface area contributed by atoms with E-state index in [0.717, 1.165) is 84.6 Å². The average molecular weight is 1260 g/mol. The van der Waals surface area contributed by atoms with E-state index < -0.39 is 0 Å². The molecule has 8 bridgehead atoms. The Bertz CT molecular complexity index is 2360. The SMILES string of the molecule is C.C.C.C.C.C.C.C.CCC(C)c1ccc(OC(C)OCC(C)C)cc1.CCC(C)c1ccc(OCOC23CC4CC(CC(C4)C2)C3)cc1.CCC(C)c1ccc(OCOCC23CC4CC(CC(C4)C2)C3)cc1.CCOC(C)Oc1ccc(C(C)CC)cc1C. The molecule has 8 aliphatic carbocycles. The number of aryl methyl sites for hydroxylation is 1. The smallest absolute Gasteiger partial charge is 0.196 e. The fourth-order valence-corrected chi connectivity index (χ4v) is 15.0. The molecule has 6 unspecified atom stereocenters. The van der Waals surface area contributed by atoms with E-state index in [1.807, 2.05) is 39.0 Å². The van der Waals surface area contributed by atoms with Crippen molar-refractivity contribution in [3.8, 4) is 23.0 Å². The summed E-state index contributed by atoms with van der Waals surface area (Å²) in [6.07, 6.45) is 21.2. The van der Waals surface area contributed by atoms with Crippen molar-refractivity contribution in [3.05, 3.63) is 119 Å². The van der Waals surface area contributed by atoms with E-state index in [2.05, 4.69) is 149 Å². The highest BCUT2D eigenvalue weighted by Gasteiger charge is 2.52. The molecule has 8 saturated carbocycles. The molecule has 0 saturated heterocycles. The first-order chi connectivity index (χ1) is 39.4. The Balaban J connectivity index is 0. The molecule has 90 heavy (non-hydrogen) atoms. The second-order valence-electron chi connectivity index (χ2n) is 27.1. The highest BCUT2D eigenvalue weighted by Crippen LogP contribution is 2.60. The molecule has 4 aromatic carbocycles. The summed E-state index contributed by atoms with van der Waals surface area (Å²) in [6.45, 7) is 33.2. The number of hydrogen-bond donors (Lipinski definition) is 0. The highest BCUT2D eigenvalue weighted by atomic mass is 16.7. The minimum Gasteiger partial charge on any atom is -0.468 e. The molecule has 0 aromatic heterocycles. The van der Waals surface area contributed by atoms with Crippen molar-refractivity contribution in [1.82, 2.24) is 0 Å². The Morgan fingerprint density at radius 3 is 1.14 bits per heavy atom. The molecule has 8 fully saturated rings. The summed E-state index contributed by atoms with van der Waals surface area (Å²) >= 11 is 0. The monoisotopic (exact) mass is 1260 g/mol. The first-order valence-electron chi connectivity index (χ1n) is 32.9. The van der Waals surface area contributed by atoms with Crippen LogP contribution < -0.4 is 18.9 Å². The molecule has 4 aromatic rings. The van der Waals surface area contributed by atoms with E-state index in [9.17, 15) is 0 Å². The fraction of sp³-hybridized carbons (Fsp3) is 0.707. The zero-order valence-corrected chi connectivity index (χ0v) is 53.8. The summed E-state index contributed by atoms with van der Waals surface area (Å²) in [5.74, 6) is 12.4. The van der Waals surface area contributed by atoms with Crippen LogP contribution >= 0.6 is 0 Å². The van der Waals surface area contributed by atoms with Gasteiger partial charge in [0, 0.05) is 6.61 Å². The third-order valence-corrected chi connectivity index (χ3v) is 19.7. The van der Waals surface area contributed by atoms with Crippen molar-refractivity contribution < 1.29 is 37.9 Å². The lowest BCUT2D eigenvalue weighted by molar-refractivity contribution is -0.190. The van der Waals surface area contributed by atoms with Crippen molar-refractivity contribution in [3.63, 3.8) is 0 Å². The third-order valence-electron chi connectivity index (χ3n) is 19.7. The van der Waals surface area contributed by atoms with Gasteiger partial charge in [-0.2, -0.15) is 0 Å².